The number of likely N-dealkylation sites (tertiary alicyclic amines) is 1. The van der Waals surface area contributed by atoms with Crippen LogP contribution in [0.2, 0.25) is 0 Å². The highest BCUT2D eigenvalue weighted by Crippen LogP contribution is 2.33. The molecule has 0 spiro atoms. The number of hydrogen-bond donors (Lipinski definition) is 3. The van der Waals surface area contributed by atoms with E-state index in [4.69, 9.17) is 10.8 Å². The maximum atomic E-state index is 13.7. The Morgan fingerprint density at radius 3 is 2.21 bits per heavy atom. The van der Waals surface area contributed by atoms with Gasteiger partial charge in [0.1, 0.15) is 6.04 Å². The number of carboxylic acids is 1. The summed E-state index contributed by atoms with van der Waals surface area (Å²) in [4.78, 5) is 42.2. The molecule has 0 unspecified atom stereocenters. The highest BCUT2D eigenvalue weighted by Gasteiger charge is 2.44. The minimum Gasteiger partial charge on any atom is -0.478 e. The Morgan fingerprint density at radius 2 is 1.66 bits per heavy atom. The first-order valence-corrected chi connectivity index (χ1v) is 15.1. The van der Waals surface area contributed by atoms with Crippen molar-refractivity contribution in [3.05, 3.63) is 29.8 Å². The molecule has 4 rings (SSSR count). The number of piperazine rings is 1. The van der Waals surface area contributed by atoms with Crippen LogP contribution in [-0.4, -0.2) is 103 Å². The quantitative estimate of drug-likeness (QED) is 0.435. The van der Waals surface area contributed by atoms with E-state index < -0.39 is 22.0 Å². The monoisotopic (exact) mass is 549 g/mol. The van der Waals surface area contributed by atoms with Gasteiger partial charge in [0.05, 0.1) is 11.3 Å². The van der Waals surface area contributed by atoms with E-state index in [0.29, 0.717) is 57.3 Å². The molecule has 1 aromatic carbocycles. The molecule has 2 aliphatic heterocycles. The molecule has 38 heavy (non-hydrogen) atoms. The minimum absolute atomic E-state index is 0.00320. The van der Waals surface area contributed by atoms with Gasteiger partial charge >= 0.3 is 5.97 Å². The third-order valence-corrected chi connectivity index (χ3v) is 10.2. The van der Waals surface area contributed by atoms with Crippen LogP contribution in [0, 0.1) is 11.8 Å². The highest BCUT2D eigenvalue weighted by molar-refractivity contribution is 7.89. The number of carboxylic acid groups (broad SMARTS) is 1. The lowest BCUT2D eigenvalue weighted by molar-refractivity contribution is -0.141. The summed E-state index contributed by atoms with van der Waals surface area (Å²) in [7, 11) is -3.25. The molecular formula is C26H39N5O6S. The third kappa shape index (κ3) is 6.36. The fourth-order valence-corrected chi connectivity index (χ4v) is 6.99. The van der Waals surface area contributed by atoms with Crippen LogP contribution >= 0.6 is 0 Å². The van der Waals surface area contributed by atoms with Crippen molar-refractivity contribution in [2.75, 3.05) is 50.3 Å². The highest BCUT2D eigenvalue weighted by atomic mass is 32.2. The van der Waals surface area contributed by atoms with Crippen molar-refractivity contribution < 1.29 is 27.9 Å². The summed E-state index contributed by atoms with van der Waals surface area (Å²) in [6, 6.07) is 5.24. The van der Waals surface area contributed by atoms with E-state index in [1.165, 1.54) is 16.4 Å². The number of benzene rings is 1. The average Bonchev–Trinajstić information content (AvgIpc) is 3.39. The first kappa shape index (κ1) is 28.5. The van der Waals surface area contributed by atoms with Gasteiger partial charge in [0.2, 0.25) is 21.8 Å². The molecule has 0 aromatic heterocycles. The summed E-state index contributed by atoms with van der Waals surface area (Å²) >= 11 is 0. The Bertz CT molecular complexity index is 1110. The van der Waals surface area contributed by atoms with Crippen LogP contribution in [0.25, 0.3) is 0 Å². The smallest absolute Gasteiger partial charge is 0.335 e. The van der Waals surface area contributed by atoms with Crippen LogP contribution in [0.4, 0.5) is 5.69 Å². The van der Waals surface area contributed by atoms with Gasteiger partial charge in [0.25, 0.3) is 0 Å². The molecule has 12 heteroatoms. The number of aromatic carboxylic acids is 1. The Balaban J connectivity index is 1.47. The Hall–Kier alpha value is -2.54. The van der Waals surface area contributed by atoms with Gasteiger partial charge < -0.3 is 21.1 Å². The van der Waals surface area contributed by atoms with Crippen molar-refractivity contribution in [3.63, 3.8) is 0 Å². The van der Waals surface area contributed by atoms with Crippen molar-refractivity contribution in [1.29, 1.82) is 0 Å². The zero-order valence-electron chi connectivity index (χ0n) is 21.9. The Kier molecular flexibility index (Phi) is 9.07. The summed E-state index contributed by atoms with van der Waals surface area (Å²) in [5, 5.41) is 12.0. The zero-order valence-corrected chi connectivity index (χ0v) is 22.7. The second kappa shape index (κ2) is 12.1. The molecular weight excluding hydrogens is 510 g/mol. The van der Waals surface area contributed by atoms with Crippen LogP contribution in [-0.2, 0) is 19.6 Å². The predicted octanol–water partition coefficient (Wildman–Crippen LogP) is 1.03. The number of amides is 2. The topological polar surface area (TPSA) is 153 Å². The van der Waals surface area contributed by atoms with E-state index in [0.717, 1.165) is 25.7 Å². The molecule has 1 aliphatic carbocycles. The minimum atomic E-state index is -3.25. The molecule has 0 bridgehead atoms. The van der Waals surface area contributed by atoms with E-state index in [1.807, 2.05) is 0 Å². The van der Waals surface area contributed by atoms with Crippen molar-refractivity contribution >= 4 is 33.5 Å². The maximum absolute atomic E-state index is 13.7. The fraction of sp³-hybridized carbons (Fsp3) is 0.654. The first-order chi connectivity index (χ1) is 18.1. The molecule has 3 aliphatic rings. The summed E-state index contributed by atoms with van der Waals surface area (Å²) < 4.78 is 26.1. The number of hydrogen-bond acceptors (Lipinski definition) is 7. The van der Waals surface area contributed by atoms with E-state index in [2.05, 4.69) is 10.2 Å². The molecule has 1 saturated carbocycles. The van der Waals surface area contributed by atoms with E-state index in [-0.39, 0.29) is 35.1 Å². The van der Waals surface area contributed by atoms with Crippen LogP contribution in [0.1, 0.15) is 49.4 Å². The van der Waals surface area contributed by atoms with Crippen LogP contribution in [0.3, 0.4) is 0 Å². The van der Waals surface area contributed by atoms with Gasteiger partial charge in [-0.15, -0.1) is 0 Å². The number of sulfonamides is 1. The largest absolute Gasteiger partial charge is 0.478 e. The standard InChI is InChI=1S/C26H39N5O6S/c1-2-38(36,37)30-13-11-29(12-14-30)22-15-23(24(32)28-21-9-7-20(8-10-21)26(34)35)31(17-22)25(33)19-5-3-18(16-27)4-6-19/h7-10,18-19,22-23H,2-6,11-17,27H2,1H3,(H,28,32)(H,34,35)/t18-,19-,22-,23-/m0/s1. The molecule has 1 aromatic rings. The van der Waals surface area contributed by atoms with E-state index >= 15 is 0 Å². The third-order valence-electron chi connectivity index (χ3n) is 8.34. The number of carbonyl (C=O) groups is 3. The number of nitrogens with two attached hydrogens (primary N) is 1. The second-order valence-corrected chi connectivity index (χ2v) is 12.8. The summed E-state index contributed by atoms with van der Waals surface area (Å²) in [6.07, 6.45) is 3.81. The average molecular weight is 550 g/mol. The first-order valence-electron chi connectivity index (χ1n) is 13.5. The molecule has 0 radical (unpaired) electrons. The van der Waals surface area contributed by atoms with Crippen molar-refractivity contribution in [2.24, 2.45) is 17.6 Å². The molecule has 2 atom stereocenters. The lowest BCUT2D eigenvalue weighted by atomic mass is 9.81. The van der Waals surface area contributed by atoms with Gasteiger partial charge in [0, 0.05) is 50.4 Å². The second-order valence-electron chi connectivity index (χ2n) is 10.6. The molecule has 2 saturated heterocycles. The van der Waals surface area contributed by atoms with Gasteiger partial charge in [-0.05, 0) is 75.8 Å². The van der Waals surface area contributed by atoms with E-state index in [9.17, 15) is 22.8 Å². The number of rotatable bonds is 8. The summed E-state index contributed by atoms with van der Waals surface area (Å²) in [5.41, 5.74) is 6.42. The SMILES string of the molecule is CCS(=O)(=O)N1CCN([C@H]2C[C@@H](C(=O)Nc3ccc(C(=O)O)cc3)N(C(=O)[C@H]3CC[C@H](CN)CC3)C2)CC1. The van der Waals surface area contributed by atoms with Gasteiger partial charge in [-0.25, -0.2) is 13.2 Å². The van der Waals surface area contributed by atoms with Crippen LogP contribution in [0.15, 0.2) is 24.3 Å². The summed E-state index contributed by atoms with van der Waals surface area (Å²) in [6.45, 7) is 4.59. The Morgan fingerprint density at radius 1 is 1.03 bits per heavy atom. The number of nitrogens with zero attached hydrogens (tertiary/aromatic N) is 3. The molecule has 3 fully saturated rings. The normalized spacial score (nSPS) is 27.3. The number of carbonyl (C=O) groups excluding carboxylic acids is 2. The lowest BCUT2D eigenvalue weighted by Crippen LogP contribution is -2.53. The van der Waals surface area contributed by atoms with Crippen molar-refractivity contribution in [3.8, 4) is 0 Å². The van der Waals surface area contributed by atoms with Crippen molar-refractivity contribution in [1.82, 2.24) is 14.1 Å². The van der Waals surface area contributed by atoms with Gasteiger partial charge in [-0.2, -0.15) is 4.31 Å². The van der Waals surface area contributed by atoms with Crippen LogP contribution in [0.5, 0.6) is 0 Å². The number of nitrogens with one attached hydrogen (secondary N) is 1. The summed E-state index contributed by atoms with van der Waals surface area (Å²) in [5.74, 6) is -0.971. The molecule has 2 heterocycles. The van der Waals surface area contributed by atoms with Gasteiger partial charge in [-0.1, -0.05) is 0 Å². The predicted molar refractivity (Wildman–Crippen MR) is 143 cm³/mol. The lowest BCUT2D eigenvalue weighted by Gasteiger charge is -2.37. The molecule has 4 N–H and O–H groups in total. The zero-order chi connectivity index (χ0) is 27.4. The molecule has 11 nitrogen and oxygen atoms in total. The number of anilines is 1. The molecule has 210 valence electrons. The Labute approximate surface area is 224 Å². The van der Waals surface area contributed by atoms with Gasteiger partial charge in [0.15, 0.2) is 0 Å². The maximum Gasteiger partial charge on any atom is 0.335 e. The van der Waals surface area contributed by atoms with Crippen molar-refractivity contribution in [2.45, 2.75) is 51.1 Å². The molecule has 2 amide bonds. The van der Waals surface area contributed by atoms with Crippen LogP contribution < -0.4 is 11.1 Å². The fourth-order valence-electron chi connectivity index (χ4n) is 5.90. The van der Waals surface area contributed by atoms with E-state index in [1.54, 1.807) is 24.0 Å². The van der Waals surface area contributed by atoms with Gasteiger partial charge in [-0.3, -0.25) is 14.5 Å².